The number of nitrogens with zero attached hydrogens (tertiary/aromatic N) is 4. The van der Waals surface area contributed by atoms with Crippen LogP contribution < -0.4 is 0 Å². The van der Waals surface area contributed by atoms with Crippen molar-refractivity contribution in [3.63, 3.8) is 0 Å². The van der Waals surface area contributed by atoms with E-state index in [1.165, 1.54) is 71.3 Å². The highest BCUT2D eigenvalue weighted by Gasteiger charge is 2.22. The zero-order valence-electron chi connectivity index (χ0n) is 30.9. The lowest BCUT2D eigenvalue weighted by Crippen LogP contribution is -1.96. The summed E-state index contributed by atoms with van der Waals surface area (Å²) in [6.07, 6.45) is 3.89. The number of benzene rings is 8. The third kappa shape index (κ3) is 4.77. The molecule has 57 heavy (non-hydrogen) atoms. The van der Waals surface area contributed by atoms with Crippen molar-refractivity contribution < 1.29 is 0 Å². The van der Waals surface area contributed by atoms with E-state index in [-0.39, 0.29) is 0 Å². The second-order valence-electron chi connectivity index (χ2n) is 14.8. The zero-order valence-corrected chi connectivity index (χ0v) is 30.9. The molecule has 0 aliphatic carbocycles. The molecule has 4 heterocycles. The summed E-state index contributed by atoms with van der Waals surface area (Å²) < 4.78 is 7.27. The summed E-state index contributed by atoms with van der Waals surface area (Å²) >= 11 is 0. The van der Waals surface area contributed by atoms with Gasteiger partial charge in [0.15, 0.2) is 0 Å². The van der Waals surface area contributed by atoms with Crippen molar-refractivity contribution in [2.45, 2.75) is 0 Å². The number of pyridine rings is 1. The molecular weight excluding hydrogens is 693 g/mol. The van der Waals surface area contributed by atoms with E-state index in [1.807, 2.05) is 12.4 Å². The number of fused-ring (bicyclic) bond motifs is 10. The molecule has 0 unspecified atom stereocenters. The van der Waals surface area contributed by atoms with Crippen LogP contribution in [-0.4, -0.2) is 18.7 Å². The normalized spacial score (nSPS) is 11.9. The second-order valence-corrected chi connectivity index (χ2v) is 14.8. The van der Waals surface area contributed by atoms with Crippen molar-refractivity contribution in [2.75, 3.05) is 0 Å². The predicted octanol–water partition coefficient (Wildman–Crippen LogP) is 13.7. The van der Waals surface area contributed by atoms with E-state index in [2.05, 4.69) is 213 Å². The van der Waals surface area contributed by atoms with E-state index in [0.29, 0.717) is 0 Å². The Morgan fingerprint density at radius 1 is 0.298 bits per heavy atom. The number of rotatable bonds is 5. The molecule has 0 saturated heterocycles. The first-order valence-electron chi connectivity index (χ1n) is 19.5. The minimum atomic E-state index is 1.12. The van der Waals surface area contributed by atoms with Crippen LogP contribution in [0.1, 0.15) is 0 Å². The lowest BCUT2D eigenvalue weighted by atomic mass is 10.00. The van der Waals surface area contributed by atoms with Crippen LogP contribution in [0.25, 0.3) is 105 Å². The van der Waals surface area contributed by atoms with Crippen molar-refractivity contribution in [1.82, 2.24) is 18.7 Å². The molecule has 0 atom stereocenters. The largest absolute Gasteiger partial charge is 0.309 e. The third-order valence-electron chi connectivity index (χ3n) is 11.7. The van der Waals surface area contributed by atoms with Crippen molar-refractivity contribution in [1.29, 1.82) is 0 Å². The maximum Gasteiger partial charge on any atom is 0.0641 e. The van der Waals surface area contributed by atoms with Crippen LogP contribution in [0.5, 0.6) is 0 Å². The average Bonchev–Trinajstić information content (AvgIpc) is 3.92. The van der Waals surface area contributed by atoms with Crippen LogP contribution in [0.4, 0.5) is 0 Å². The Balaban J connectivity index is 1.10. The van der Waals surface area contributed by atoms with Crippen LogP contribution in [-0.2, 0) is 0 Å². The minimum absolute atomic E-state index is 1.12. The summed E-state index contributed by atoms with van der Waals surface area (Å²) in [6, 6.07) is 70.4. The first-order chi connectivity index (χ1) is 28.3. The molecule has 12 rings (SSSR count). The smallest absolute Gasteiger partial charge is 0.0641 e. The molecule has 4 nitrogen and oxygen atoms in total. The van der Waals surface area contributed by atoms with E-state index < -0.39 is 0 Å². The van der Waals surface area contributed by atoms with Gasteiger partial charge in [-0.05, 0) is 89.0 Å². The van der Waals surface area contributed by atoms with Crippen molar-refractivity contribution in [3.8, 4) is 39.3 Å². The highest BCUT2D eigenvalue weighted by atomic mass is 15.0. The fourth-order valence-corrected chi connectivity index (χ4v) is 9.21. The molecule has 0 radical (unpaired) electrons. The number of hydrogen-bond acceptors (Lipinski definition) is 1. The van der Waals surface area contributed by atoms with Crippen LogP contribution in [0.2, 0.25) is 0 Å². The van der Waals surface area contributed by atoms with Gasteiger partial charge in [0.2, 0.25) is 0 Å². The Labute approximate surface area is 328 Å². The molecule has 0 aliphatic rings. The Morgan fingerprint density at radius 2 is 0.860 bits per heavy atom. The summed E-state index contributed by atoms with van der Waals surface area (Å²) in [5.74, 6) is 0. The Bertz CT molecular complexity index is 3500. The van der Waals surface area contributed by atoms with Gasteiger partial charge < -0.3 is 13.7 Å². The molecule has 266 valence electrons. The highest BCUT2D eigenvalue weighted by molar-refractivity contribution is 6.26. The van der Waals surface area contributed by atoms with Gasteiger partial charge in [-0.15, -0.1) is 0 Å². The SMILES string of the molecule is c1ccc(-c2ccc(-c3cccc(-n4c5ccccc5c5c4ccc4c6ccccc6n(-c6ccc7c(c6)c6cnccc6n7-c6ccccc6)c45)c3)cc2)cc1. The van der Waals surface area contributed by atoms with Gasteiger partial charge in [0.25, 0.3) is 0 Å². The predicted molar refractivity (Wildman–Crippen MR) is 238 cm³/mol. The quantitative estimate of drug-likeness (QED) is 0.174. The Kier molecular flexibility index (Phi) is 6.89. The van der Waals surface area contributed by atoms with Crippen LogP contribution in [0.15, 0.2) is 207 Å². The second kappa shape index (κ2) is 12.4. The lowest BCUT2D eigenvalue weighted by Gasteiger charge is -2.12. The van der Waals surface area contributed by atoms with E-state index in [9.17, 15) is 0 Å². The summed E-state index contributed by atoms with van der Waals surface area (Å²) in [5.41, 5.74) is 15.3. The lowest BCUT2D eigenvalue weighted by molar-refractivity contribution is 1.16. The molecule has 0 N–H and O–H groups in total. The summed E-state index contributed by atoms with van der Waals surface area (Å²) in [7, 11) is 0. The molecular formula is C53H34N4. The number of para-hydroxylation sites is 3. The van der Waals surface area contributed by atoms with Crippen molar-refractivity contribution in [2.24, 2.45) is 0 Å². The highest BCUT2D eigenvalue weighted by Crippen LogP contribution is 2.43. The minimum Gasteiger partial charge on any atom is -0.309 e. The van der Waals surface area contributed by atoms with Gasteiger partial charge in [-0.25, -0.2) is 0 Å². The van der Waals surface area contributed by atoms with Gasteiger partial charge in [0, 0.05) is 61.8 Å². The molecule has 0 saturated carbocycles. The molecule has 8 aromatic carbocycles. The van der Waals surface area contributed by atoms with Gasteiger partial charge in [-0.2, -0.15) is 0 Å². The van der Waals surface area contributed by atoms with E-state index in [0.717, 1.165) is 33.5 Å². The molecule has 4 heteroatoms. The molecule has 12 aromatic rings. The molecule has 4 aromatic heterocycles. The summed E-state index contributed by atoms with van der Waals surface area (Å²) in [6.45, 7) is 0. The van der Waals surface area contributed by atoms with Gasteiger partial charge >= 0.3 is 0 Å². The van der Waals surface area contributed by atoms with Crippen molar-refractivity contribution >= 4 is 65.4 Å². The van der Waals surface area contributed by atoms with Crippen LogP contribution >= 0.6 is 0 Å². The topological polar surface area (TPSA) is 27.7 Å². The first-order valence-corrected chi connectivity index (χ1v) is 19.5. The van der Waals surface area contributed by atoms with Crippen LogP contribution in [0, 0.1) is 0 Å². The van der Waals surface area contributed by atoms with Crippen LogP contribution in [0.3, 0.4) is 0 Å². The maximum atomic E-state index is 4.59. The van der Waals surface area contributed by atoms with E-state index in [4.69, 9.17) is 0 Å². The van der Waals surface area contributed by atoms with E-state index >= 15 is 0 Å². The van der Waals surface area contributed by atoms with Gasteiger partial charge in [-0.1, -0.05) is 127 Å². The summed E-state index contributed by atoms with van der Waals surface area (Å²) in [4.78, 5) is 4.59. The third-order valence-corrected chi connectivity index (χ3v) is 11.7. The maximum absolute atomic E-state index is 4.59. The first kappa shape index (κ1) is 31.6. The Hall–Kier alpha value is -7.69. The van der Waals surface area contributed by atoms with Gasteiger partial charge in [-0.3, -0.25) is 4.98 Å². The molecule has 0 bridgehead atoms. The Morgan fingerprint density at radius 3 is 1.67 bits per heavy atom. The zero-order chi connectivity index (χ0) is 37.5. The molecule has 0 spiro atoms. The number of hydrogen-bond donors (Lipinski definition) is 0. The molecule has 0 aliphatic heterocycles. The molecule has 0 fully saturated rings. The van der Waals surface area contributed by atoms with Crippen molar-refractivity contribution in [3.05, 3.63) is 207 Å². The van der Waals surface area contributed by atoms with Gasteiger partial charge in [0.05, 0.1) is 33.1 Å². The standard InChI is InChI=1S/C53H34N4/c1-3-12-35(13-4-1)36-22-24-37(25-23-36)38-14-11-17-40(32-38)56-48-21-10-8-19-44(48)52-51(56)29-27-43-42-18-7-9-20-47(42)57(53(43)52)41-26-28-49-45(33-41)46-34-54-31-30-50(46)55(49)39-15-5-2-6-16-39/h1-34H. The summed E-state index contributed by atoms with van der Waals surface area (Å²) in [5, 5.41) is 7.25. The molecule has 0 amide bonds. The van der Waals surface area contributed by atoms with Gasteiger partial charge in [0.1, 0.15) is 0 Å². The monoisotopic (exact) mass is 726 g/mol. The van der Waals surface area contributed by atoms with E-state index in [1.54, 1.807) is 0 Å². The fourth-order valence-electron chi connectivity index (χ4n) is 9.21. The number of aromatic nitrogens is 4. The average molecular weight is 727 g/mol. The fraction of sp³-hybridized carbons (Fsp3) is 0.